The lowest BCUT2D eigenvalue weighted by Crippen LogP contribution is -2.49. The Balaban J connectivity index is 1.07. The number of carbonyl (C=O) groups is 1. The number of benzene rings is 2. The molecule has 0 spiro atoms. The van der Waals surface area contributed by atoms with Crippen LogP contribution in [0.25, 0.3) is 0 Å². The van der Waals surface area contributed by atoms with E-state index >= 15 is 0 Å². The summed E-state index contributed by atoms with van der Waals surface area (Å²) in [5, 5.41) is 6.43. The van der Waals surface area contributed by atoms with E-state index in [1.165, 1.54) is 22.3 Å². The molecule has 7 rings (SSSR count). The Labute approximate surface area is 195 Å². The second-order valence-electron chi connectivity index (χ2n) is 9.59. The molecule has 0 saturated carbocycles. The molecule has 2 aromatic carbocycles. The third-order valence-corrected chi connectivity index (χ3v) is 7.75. The Hall–Kier alpha value is -3.34. The van der Waals surface area contributed by atoms with Gasteiger partial charge in [0.15, 0.2) is 0 Å². The number of hydrogen-bond acceptors (Lipinski definition) is 3. The number of carbonyl (C=O) groups excluding carboxylic acids is 1. The van der Waals surface area contributed by atoms with Gasteiger partial charge in [0.1, 0.15) is 5.82 Å². The fourth-order valence-corrected chi connectivity index (χ4v) is 6.21. The van der Waals surface area contributed by atoms with Crippen molar-refractivity contribution in [2.75, 3.05) is 24.5 Å². The van der Waals surface area contributed by atoms with Crippen molar-refractivity contribution in [1.29, 1.82) is 0 Å². The van der Waals surface area contributed by atoms with Crippen molar-refractivity contribution in [1.82, 2.24) is 15.6 Å². The number of hydrogen-bond donors (Lipinski definition) is 2. The molecule has 1 saturated heterocycles. The van der Waals surface area contributed by atoms with E-state index in [1.54, 1.807) is 0 Å². The fraction of sp³-hybridized carbons (Fsp3) is 0.357. The van der Waals surface area contributed by atoms with Gasteiger partial charge < -0.3 is 15.5 Å². The zero-order valence-electron chi connectivity index (χ0n) is 18.8. The third kappa shape index (κ3) is 3.75. The minimum Gasteiger partial charge on any atom is -0.356 e. The predicted molar refractivity (Wildman–Crippen MR) is 131 cm³/mol. The molecule has 3 aromatic rings. The molecule has 168 valence electrons. The molecule has 33 heavy (non-hydrogen) atoms. The molecule has 1 unspecified atom stereocenters. The maximum Gasteiger partial charge on any atom is 0.315 e. The second kappa shape index (κ2) is 8.54. The first-order chi connectivity index (χ1) is 16.3. The molecule has 5 nitrogen and oxygen atoms in total. The zero-order valence-corrected chi connectivity index (χ0v) is 18.8. The molecule has 4 aliphatic rings. The van der Waals surface area contributed by atoms with E-state index in [4.69, 9.17) is 0 Å². The summed E-state index contributed by atoms with van der Waals surface area (Å²) in [6.45, 7) is 2.55. The fourth-order valence-electron chi connectivity index (χ4n) is 6.21. The molecule has 2 heterocycles. The van der Waals surface area contributed by atoms with Crippen LogP contribution in [0.15, 0.2) is 72.9 Å². The van der Waals surface area contributed by atoms with Crippen LogP contribution in [0.5, 0.6) is 0 Å². The average Bonchev–Trinajstić information content (AvgIpc) is 2.88. The van der Waals surface area contributed by atoms with E-state index in [2.05, 4.69) is 75.1 Å². The van der Waals surface area contributed by atoms with Crippen LogP contribution in [-0.4, -0.2) is 36.7 Å². The lowest BCUT2D eigenvalue weighted by atomic mass is 9.59. The van der Waals surface area contributed by atoms with Crippen LogP contribution in [0.4, 0.5) is 10.6 Å². The lowest BCUT2D eigenvalue weighted by molar-refractivity contribution is 0.229. The monoisotopic (exact) mass is 438 g/mol. The van der Waals surface area contributed by atoms with Crippen molar-refractivity contribution in [3.05, 3.63) is 95.2 Å². The highest BCUT2D eigenvalue weighted by Gasteiger charge is 2.42. The number of aromatic nitrogens is 1. The number of pyridine rings is 1. The average molecular weight is 439 g/mol. The zero-order chi connectivity index (χ0) is 22.2. The lowest BCUT2D eigenvalue weighted by Gasteiger charge is -2.45. The van der Waals surface area contributed by atoms with Gasteiger partial charge in [0, 0.05) is 43.7 Å². The smallest absolute Gasteiger partial charge is 0.315 e. The van der Waals surface area contributed by atoms with E-state index in [1.807, 2.05) is 18.3 Å². The first-order valence-electron chi connectivity index (χ1n) is 12.2. The normalized spacial score (nSPS) is 23.5. The Bertz CT molecular complexity index is 1090. The van der Waals surface area contributed by atoms with Crippen LogP contribution in [0.3, 0.4) is 0 Å². The van der Waals surface area contributed by atoms with E-state index in [-0.39, 0.29) is 12.1 Å². The van der Waals surface area contributed by atoms with Crippen LogP contribution >= 0.6 is 0 Å². The van der Waals surface area contributed by atoms with Gasteiger partial charge in [0.25, 0.3) is 0 Å². The summed E-state index contributed by atoms with van der Waals surface area (Å²) in [4.78, 5) is 19.5. The molecule has 5 heteroatoms. The summed E-state index contributed by atoms with van der Waals surface area (Å²) in [5.74, 6) is 2.25. The van der Waals surface area contributed by atoms with Crippen molar-refractivity contribution in [3.63, 3.8) is 0 Å². The largest absolute Gasteiger partial charge is 0.356 e. The topological polar surface area (TPSA) is 57.3 Å². The summed E-state index contributed by atoms with van der Waals surface area (Å²) in [6.07, 6.45) is 4.82. The molecule has 0 radical (unpaired) electrons. The van der Waals surface area contributed by atoms with Gasteiger partial charge in [0.05, 0.1) is 0 Å². The minimum atomic E-state index is -0.0331. The van der Waals surface area contributed by atoms with E-state index < -0.39 is 0 Å². The van der Waals surface area contributed by atoms with Gasteiger partial charge in [-0.2, -0.15) is 0 Å². The standard InChI is InChI=1S/C28H30N4O/c33-28(31-20-12-15-32(16-13-20)26-11-5-6-14-29-26)30-18-19-17-25-21-7-1-3-9-23(21)27(19)24-10-4-2-8-22(24)25/h1-11,14,19-20,25,27H,12-13,15-18H2,(H2,30,31,33). The Morgan fingerprint density at radius 1 is 0.879 bits per heavy atom. The summed E-state index contributed by atoms with van der Waals surface area (Å²) >= 11 is 0. The first kappa shape index (κ1) is 20.3. The summed E-state index contributed by atoms with van der Waals surface area (Å²) < 4.78 is 0. The number of piperidine rings is 1. The van der Waals surface area contributed by atoms with E-state index in [0.29, 0.717) is 24.3 Å². The number of rotatable bonds is 4. The van der Waals surface area contributed by atoms with Crippen molar-refractivity contribution < 1.29 is 4.79 Å². The van der Waals surface area contributed by atoms with Gasteiger partial charge in [-0.1, -0.05) is 54.6 Å². The molecule has 1 aromatic heterocycles. The van der Waals surface area contributed by atoms with Crippen LogP contribution in [-0.2, 0) is 0 Å². The number of nitrogens with one attached hydrogen (secondary N) is 2. The first-order valence-corrected chi connectivity index (χ1v) is 12.2. The Morgan fingerprint density at radius 3 is 2.15 bits per heavy atom. The van der Waals surface area contributed by atoms with E-state index in [0.717, 1.165) is 38.2 Å². The van der Waals surface area contributed by atoms with Gasteiger partial charge in [-0.15, -0.1) is 0 Å². The van der Waals surface area contributed by atoms with Gasteiger partial charge in [-0.25, -0.2) is 9.78 Å². The molecular formula is C28H30N4O. The number of fused-ring (bicyclic) bond motifs is 1. The summed E-state index contributed by atoms with van der Waals surface area (Å²) in [6, 6.07) is 23.9. The van der Waals surface area contributed by atoms with Crippen LogP contribution in [0.1, 0.15) is 53.4 Å². The molecule has 2 amide bonds. The Kier molecular flexibility index (Phi) is 5.25. The molecule has 1 atom stereocenters. The minimum absolute atomic E-state index is 0.0331. The summed E-state index contributed by atoms with van der Waals surface area (Å²) in [5.41, 5.74) is 5.84. The van der Waals surface area contributed by atoms with Crippen LogP contribution < -0.4 is 15.5 Å². The van der Waals surface area contributed by atoms with Gasteiger partial charge in [0.2, 0.25) is 0 Å². The third-order valence-electron chi connectivity index (χ3n) is 7.75. The van der Waals surface area contributed by atoms with Crippen molar-refractivity contribution in [2.45, 2.75) is 37.1 Å². The van der Waals surface area contributed by atoms with Crippen molar-refractivity contribution in [2.24, 2.45) is 5.92 Å². The van der Waals surface area contributed by atoms with Gasteiger partial charge >= 0.3 is 6.03 Å². The number of amides is 2. The van der Waals surface area contributed by atoms with Crippen LogP contribution in [0, 0.1) is 5.92 Å². The highest BCUT2D eigenvalue weighted by atomic mass is 16.2. The molecule has 2 N–H and O–H groups in total. The highest BCUT2D eigenvalue weighted by Crippen LogP contribution is 2.55. The SMILES string of the molecule is O=C(NCC1CC2c3ccccc3C1c1ccccc12)NC1CCN(c2ccccn2)CC1. The molecule has 2 bridgehead atoms. The van der Waals surface area contributed by atoms with Gasteiger partial charge in [-0.3, -0.25) is 0 Å². The van der Waals surface area contributed by atoms with Crippen molar-refractivity contribution in [3.8, 4) is 0 Å². The maximum atomic E-state index is 12.8. The summed E-state index contributed by atoms with van der Waals surface area (Å²) in [7, 11) is 0. The molecule has 1 fully saturated rings. The van der Waals surface area contributed by atoms with Crippen molar-refractivity contribution >= 4 is 11.8 Å². The molecule has 1 aliphatic heterocycles. The highest BCUT2D eigenvalue weighted by molar-refractivity contribution is 5.74. The predicted octanol–water partition coefficient (Wildman–Crippen LogP) is 4.65. The van der Waals surface area contributed by atoms with Crippen LogP contribution in [0.2, 0.25) is 0 Å². The quantitative estimate of drug-likeness (QED) is 0.624. The second-order valence-corrected chi connectivity index (χ2v) is 9.59. The number of nitrogens with zero attached hydrogens (tertiary/aromatic N) is 2. The maximum absolute atomic E-state index is 12.8. The Morgan fingerprint density at radius 2 is 1.52 bits per heavy atom. The number of anilines is 1. The molecular weight excluding hydrogens is 408 g/mol. The van der Waals surface area contributed by atoms with E-state index in [9.17, 15) is 4.79 Å². The number of urea groups is 1. The van der Waals surface area contributed by atoms with Gasteiger partial charge in [-0.05, 0) is 59.6 Å². The molecule has 3 aliphatic carbocycles.